The van der Waals surface area contributed by atoms with Crippen molar-refractivity contribution in [2.75, 3.05) is 13.2 Å². The van der Waals surface area contributed by atoms with Gasteiger partial charge >= 0.3 is 0 Å². The van der Waals surface area contributed by atoms with Crippen molar-refractivity contribution < 1.29 is 14.9 Å². The quantitative estimate of drug-likeness (QED) is 0.500. The van der Waals surface area contributed by atoms with Crippen molar-refractivity contribution in [3.05, 3.63) is 0 Å². The van der Waals surface area contributed by atoms with Crippen LogP contribution in [0.3, 0.4) is 0 Å². The molecule has 3 heteroatoms. The van der Waals surface area contributed by atoms with Crippen LogP contribution in [-0.4, -0.2) is 35.6 Å². The summed E-state index contributed by atoms with van der Waals surface area (Å²) in [4.78, 5) is 0. The van der Waals surface area contributed by atoms with E-state index in [-0.39, 0.29) is 19.3 Å². The number of rotatable bonds is 13. The molecule has 0 spiro atoms. The Hall–Kier alpha value is -0.120. The maximum atomic E-state index is 9.14. The van der Waals surface area contributed by atoms with Gasteiger partial charge in [0.15, 0.2) is 0 Å². The molecule has 2 unspecified atom stereocenters. The Morgan fingerprint density at radius 2 is 1.50 bits per heavy atom. The molecule has 0 fully saturated rings. The van der Waals surface area contributed by atoms with Crippen LogP contribution in [0, 0.1) is 0 Å². The van der Waals surface area contributed by atoms with Crippen LogP contribution in [0.2, 0.25) is 0 Å². The van der Waals surface area contributed by atoms with Crippen LogP contribution in [0.4, 0.5) is 0 Å². The first-order valence-electron chi connectivity index (χ1n) is 7.61. The minimum absolute atomic E-state index is 0.186. The fraction of sp³-hybridized carbons (Fsp3) is 1.00. The highest BCUT2D eigenvalue weighted by molar-refractivity contribution is 4.55. The van der Waals surface area contributed by atoms with E-state index >= 15 is 0 Å². The van der Waals surface area contributed by atoms with E-state index in [2.05, 4.69) is 6.92 Å². The minimum Gasteiger partial charge on any atom is -0.394 e. The molecule has 0 amide bonds. The Bertz CT molecular complexity index is 162. The second kappa shape index (κ2) is 13.3. The average molecular weight is 260 g/mol. The first kappa shape index (κ1) is 17.9. The number of aliphatic hydroxyl groups is 2. The van der Waals surface area contributed by atoms with Crippen molar-refractivity contribution in [2.45, 2.75) is 83.8 Å². The second-order valence-corrected chi connectivity index (χ2v) is 5.24. The Labute approximate surface area is 113 Å². The van der Waals surface area contributed by atoms with Crippen molar-refractivity contribution in [2.24, 2.45) is 0 Å². The highest BCUT2D eigenvalue weighted by Crippen LogP contribution is 2.11. The van der Waals surface area contributed by atoms with E-state index in [0.29, 0.717) is 0 Å². The summed E-state index contributed by atoms with van der Waals surface area (Å²) in [5.74, 6) is 0. The summed E-state index contributed by atoms with van der Waals surface area (Å²) >= 11 is 0. The summed E-state index contributed by atoms with van der Waals surface area (Å²) in [7, 11) is 0. The van der Waals surface area contributed by atoms with Gasteiger partial charge in [-0.25, -0.2) is 0 Å². The summed E-state index contributed by atoms with van der Waals surface area (Å²) in [6, 6.07) is 0. The van der Waals surface area contributed by atoms with Crippen LogP contribution in [-0.2, 0) is 4.74 Å². The normalized spacial score (nSPS) is 14.7. The van der Waals surface area contributed by atoms with Gasteiger partial charge in [-0.2, -0.15) is 0 Å². The molecule has 0 heterocycles. The maximum absolute atomic E-state index is 9.14. The molecule has 0 aromatic rings. The average Bonchev–Trinajstić information content (AvgIpc) is 2.39. The molecule has 2 N–H and O–H groups in total. The second-order valence-electron chi connectivity index (χ2n) is 5.24. The SMILES string of the molecule is CCCCCCCCCCC(C)OCC(O)CO. The molecule has 0 radical (unpaired) electrons. The molecule has 0 aliphatic rings. The molecule has 0 aromatic carbocycles. The molecule has 0 saturated carbocycles. The van der Waals surface area contributed by atoms with Gasteiger partial charge in [0.25, 0.3) is 0 Å². The van der Waals surface area contributed by atoms with E-state index in [1.54, 1.807) is 0 Å². The number of ether oxygens (including phenoxy) is 1. The highest BCUT2D eigenvalue weighted by atomic mass is 16.5. The Balaban J connectivity index is 3.17. The highest BCUT2D eigenvalue weighted by Gasteiger charge is 2.06. The van der Waals surface area contributed by atoms with Gasteiger partial charge in [0.2, 0.25) is 0 Å². The predicted octanol–water partition coefficient (Wildman–Crippen LogP) is 3.28. The molecule has 0 saturated heterocycles. The molecule has 0 aliphatic heterocycles. The first-order valence-corrected chi connectivity index (χ1v) is 7.61. The maximum Gasteiger partial charge on any atom is 0.100 e. The van der Waals surface area contributed by atoms with Gasteiger partial charge in [-0.05, 0) is 13.3 Å². The lowest BCUT2D eigenvalue weighted by Crippen LogP contribution is -2.22. The van der Waals surface area contributed by atoms with E-state index in [4.69, 9.17) is 14.9 Å². The van der Waals surface area contributed by atoms with Gasteiger partial charge in [-0.1, -0.05) is 58.3 Å². The van der Waals surface area contributed by atoms with Crippen LogP contribution in [0.15, 0.2) is 0 Å². The molecule has 0 aromatic heterocycles. The van der Waals surface area contributed by atoms with Crippen molar-refractivity contribution in [3.8, 4) is 0 Å². The Morgan fingerprint density at radius 1 is 0.944 bits per heavy atom. The fourth-order valence-electron chi connectivity index (χ4n) is 1.98. The summed E-state index contributed by atoms with van der Waals surface area (Å²) < 4.78 is 5.44. The Morgan fingerprint density at radius 3 is 2.06 bits per heavy atom. The molecule has 2 atom stereocenters. The molecule has 0 rings (SSSR count). The number of unbranched alkanes of at least 4 members (excludes halogenated alkanes) is 7. The van der Waals surface area contributed by atoms with Gasteiger partial charge in [0.05, 0.1) is 19.3 Å². The lowest BCUT2D eigenvalue weighted by Gasteiger charge is -2.15. The molecular formula is C15H32O3. The lowest BCUT2D eigenvalue weighted by molar-refractivity contribution is -0.0254. The fourth-order valence-corrected chi connectivity index (χ4v) is 1.98. The van der Waals surface area contributed by atoms with E-state index in [1.165, 1.54) is 51.4 Å². The molecule has 3 nitrogen and oxygen atoms in total. The zero-order valence-electron chi connectivity index (χ0n) is 12.2. The van der Waals surface area contributed by atoms with Gasteiger partial charge in [-0.15, -0.1) is 0 Å². The molecular weight excluding hydrogens is 228 g/mol. The summed E-state index contributed by atoms with van der Waals surface area (Å²) in [6.45, 7) is 4.31. The topological polar surface area (TPSA) is 49.7 Å². The number of hydrogen-bond acceptors (Lipinski definition) is 3. The first-order chi connectivity index (χ1) is 8.70. The van der Waals surface area contributed by atoms with Crippen molar-refractivity contribution >= 4 is 0 Å². The lowest BCUT2D eigenvalue weighted by atomic mass is 10.1. The molecule has 110 valence electrons. The monoisotopic (exact) mass is 260 g/mol. The van der Waals surface area contributed by atoms with Gasteiger partial charge in [0.1, 0.15) is 6.10 Å². The van der Waals surface area contributed by atoms with E-state index in [0.717, 1.165) is 6.42 Å². The van der Waals surface area contributed by atoms with Crippen LogP contribution >= 0.6 is 0 Å². The molecule has 0 aliphatic carbocycles. The standard InChI is InChI=1S/C15H32O3/c1-3-4-5-6-7-8-9-10-11-14(2)18-13-15(17)12-16/h14-17H,3-13H2,1-2H3. The zero-order valence-corrected chi connectivity index (χ0v) is 12.2. The van der Waals surface area contributed by atoms with Crippen molar-refractivity contribution in [1.29, 1.82) is 0 Å². The van der Waals surface area contributed by atoms with Crippen molar-refractivity contribution in [1.82, 2.24) is 0 Å². The third-order valence-corrected chi connectivity index (χ3v) is 3.25. The van der Waals surface area contributed by atoms with Crippen LogP contribution < -0.4 is 0 Å². The van der Waals surface area contributed by atoms with Crippen LogP contribution in [0.25, 0.3) is 0 Å². The summed E-state index contributed by atoms with van der Waals surface area (Å²) in [5, 5.41) is 17.8. The minimum atomic E-state index is -0.731. The zero-order chi connectivity index (χ0) is 13.6. The van der Waals surface area contributed by atoms with Crippen LogP contribution in [0.1, 0.15) is 71.6 Å². The van der Waals surface area contributed by atoms with E-state index in [1.807, 2.05) is 6.92 Å². The smallest absolute Gasteiger partial charge is 0.100 e. The predicted molar refractivity (Wildman–Crippen MR) is 75.7 cm³/mol. The largest absolute Gasteiger partial charge is 0.394 e. The summed E-state index contributed by atoms with van der Waals surface area (Å²) in [6.07, 6.45) is 11.1. The van der Waals surface area contributed by atoms with Gasteiger partial charge in [0, 0.05) is 0 Å². The van der Waals surface area contributed by atoms with E-state index < -0.39 is 6.10 Å². The summed E-state index contributed by atoms with van der Waals surface area (Å²) in [5.41, 5.74) is 0. The number of aliphatic hydroxyl groups excluding tert-OH is 2. The van der Waals surface area contributed by atoms with Gasteiger partial charge < -0.3 is 14.9 Å². The number of hydrogen-bond donors (Lipinski definition) is 2. The third kappa shape index (κ3) is 12.3. The third-order valence-electron chi connectivity index (χ3n) is 3.25. The molecule has 18 heavy (non-hydrogen) atoms. The van der Waals surface area contributed by atoms with Gasteiger partial charge in [-0.3, -0.25) is 0 Å². The van der Waals surface area contributed by atoms with Crippen molar-refractivity contribution in [3.63, 3.8) is 0 Å². The van der Waals surface area contributed by atoms with E-state index in [9.17, 15) is 0 Å². The van der Waals surface area contributed by atoms with Crippen LogP contribution in [0.5, 0.6) is 0 Å². The Kier molecular flexibility index (Phi) is 13.2. The molecule has 0 bridgehead atoms.